The number of halogens is 2. The molecule has 1 aromatic rings. The van der Waals surface area contributed by atoms with E-state index in [0.29, 0.717) is 13.0 Å². The van der Waals surface area contributed by atoms with Crippen LogP contribution in [0.2, 0.25) is 0 Å². The number of hydrogen-bond donors (Lipinski definition) is 1. The molecule has 0 aromatic heterocycles. The van der Waals surface area contributed by atoms with Crippen LogP contribution in [0.1, 0.15) is 12.0 Å². The minimum absolute atomic E-state index is 0.110. The minimum atomic E-state index is -4.00. The normalized spacial score (nSPS) is 19.0. The zero-order chi connectivity index (χ0) is 15.6. The van der Waals surface area contributed by atoms with Crippen molar-refractivity contribution in [2.24, 2.45) is 0 Å². The average Bonchev–Trinajstić information content (AvgIpc) is 2.83. The molecule has 1 aromatic carbocycles. The Hall–Kier alpha value is -1.38. The lowest BCUT2D eigenvalue weighted by molar-refractivity contribution is 0.0453. The van der Waals surface area contributed by atoms with Gasteiger partial charge >= 0.3 is 6.09 Å². The van der Waals surface area contributed by atoms with Gasteiger partial charge in [0.1, 0.15) is 5.82 Å². The summed E-state index contributed by atoms with van der Waals surface area (Å²) in [7, 11) is 1.29. The molecule has 21 heavy (non-hydrogen) atoms. The van der Waals surface area contributed by atoms with E-state index in [1.165, 1.54) is 4.90 Å². The zero-order valence-electron chi connectivity index (χ0n) is 10.8. The molecule has 1 fully saturated rings. The Balaban J connectivity index is 2.07. The maximum absolute atomic E-state index is 13.2. The van der Waals surface area contributed by atoms with Crippen molar-refractivity contribution < 1.29 is 27.4 Å². The first-order chi connectivity index (χ1) is 9.77. The van der Waals surface area contributed by atoms with Gasteiger partial charge in [0, 0.05) is 22.8 Å². The minimum Gasteiger partial charge on any atom is -0.465 e. The molecule has 116 valence electrons. The van der Waals surface area contributed by atoms with E-state index in [2.05, 4.69) is 0 Å². The van der Waals surface area contributed by atoms with Crippen molar-refractivity contribution >= 4 is 25.8 Å². The molecule has 0 saturated carbocycles. The second-order valence-electron chi connectivity index (χ2n) is 4.64. The van der Waals surface area contributed by atoms with E-state index in [4.69, 9.17) is 20.5 Å². The van der Waals surface area contributed by atoms with E-state index < -0.39 is 21.0 Å². The van der Waals surface area contributed by atoms with Crippen LogP contribution in [0.3, 0.4) is 0 Å². The lowest BCUT2D eigenvalue weighted by atomic mass is 10.2. The molecule has 2 rings (SSSR count). The number of amides is 1. The van der Waals surface area contributed by atoms with Crippen LogP contribution in [0.5, 0.6) is 0 Å². The number of carboxylic acid groups (broad SMARTS) is 1. The second kappa shape index (κ2) is 6.17. The van der Waals surface area contributed by atoms with E-state index in [1.54, 1.807) is 0 Å². The standard InChI is InChI=1S/C12H13ClFNO5S/c13-21(18,19)11-2-1-9(14)5-8(11)7-20-10-3-4-15(6-10)12(16)17/h1-2,5,10H,3-4,6-7H2,(H,16,17)/t10-/m0/s1. The van der Waals surface area contributed by atoms with Crippen molar-refractivity contribution in [2.75, 3.05) is 13.1 Å². The average molecular weight is 338 g/mol. The number of ether oxygens (including phenoxy) is 1. The quantitative estimate of drug-likeness (QED) is 0.850. The van der Waals surface area contributed by atoms with Gasteiger partial charge < -0.3 is 14.7 Å². The van der Waals surface area contributed by atoms with Gasteiger partial charge in [-0.25, -0.2) is 17.6 Å². The van der Waals surface area contributed by atoms with E-state index in [0.717, 1.165) is 18.2 Å². The molecule has 1 aliphatic heterocycles. The van der Waals surface area contributed by atoms with Gasteiger partial charge in [0.2, 0.25) is 0 Å². The van der Waals surface area contributed by atoms with Crippen molar-refractivity contribution in [3.63, 3.8) is 0 Å². The molecule has 1 aliphatic rings. The number of benzene rings is 1. The summed E-state index contributed by atoms with van der Waals surface area (Å²) in [6.45, 7) is 0.397. The van der Waals surface area contributed by atoms with E-state index in [9.17, 15) is 17.6 Å². The Morgan fingerprint density at radius 2 is 2.24 bits per heavy atom. The Labute approximate surface area is 125 Å². The van der Waals surface area contributed by atoms with Crippen molar-refractivity contribution in [1.29, 1.82) is 0 Å². The van der Waals surface area contributed by atoms with Crippen LogP contribution < -0.4 is 0 Å². The number of nitrogens with zero attached hydrogens (tertiary/aromatic N) is 1. The highest BCUT2D eigenvalue weighted by atomic mass is 35.7. The lowest BCUT2D eigenvalue weighted by Crippen LogP contribution is -2.28. The van der Waals surface area contributed by atoms with Crippen LogP contribution >= 0.6 is 10.7 Å². The third kappa shape index (κ3) is 4.05. The first-order valence-electron chi connectivity index (χ1n) is 6.10. The third-order valence-electron chi connectivity index (χ3n) is 3.18. The Kier molecular flexibility index (Phi) is 4.70. The Morgan fingerprint density at radius 1 is 1.52 bits per heavy atom. The first kappa shape index (κ1) is 16.0. The Morgan fingerprint density at radius 3 is 2.81 bits per heavy atom. The summed E-state index contributed by atoms with van der Waals surface area (Å²) in [5.74, 6) is -0.601. The lowest BCUT2D eigenvalue weighted by Gasteiger charge is -2.14. The fraction of sp³-hybridized carbons (Fsp3) is 0.417. The second-order valence-corrected chi connectivity index (χ2v) is 7.17. The van der Waals surface area contributed by atoms with Crippen LogP contribution in [0.25, 0.3) is 0 Å². The van der Waals surface area contributed by atoms with Gasteiger partial charge in [0.05, 0.1) is 24.2 Å². The summed E-state index contributed by atoms with van der Waals surface area (Å²) in [4.78, 5) is 11.8. The first-order valence-corrected chi connectivity index (χ1v) is 8.41. The predicted molar refractivity (Wildman–Crippen MR) is 72.2 cm³/mol. The smallest absolute Gasteiger partial charge is 0.407 e. The third-order valence-corrected chi connectivity index (χ3v) is 4.60. The largest absolute Gasteiger partial charge is 0.465 e. The number of rotatable bonds is 4. The maximum Gasteiger partial charge on any atom is 0.407 e. The molecule has 1 N–H and O–H groups in total. The highest BCUT2D eigenvalue weighted by Crippen LogP contribution is 2.23. The number of likely N-dealkylation sites (tertiary alicyclic amines) is 1. The SMILES string of the molecule is O=C(O)N1CC[C@H](OCc2cc(F)ccc2S(=O)(=O)Cl)C1. The fourth-order valence-electron chi connectivity index (χ4n) is 2.14. The van der Waals surface area contributed by atoms with Crippen LogP contribution in [-0.4, -0.2) is 43.7 Å². The van der Waals surface area contributed by atoms with Crippen molar-refractivity contribution in [1.82, 2.24) is 4.90 Å². The predicted octanol–water partition coefficient (Wildman–Crippen LogP) is 2.02. The molecule has 0 unspecified atom stereocenters. The number of hydrogen-bond acceptors (Lipinski definition) is 4. The fourth-order valence-corrected chi connectivity index (χ4v) is 3.26. The molecular weight excluding hydrogens is 325 g/mol. The van der Waals surface area contributed by atoms with Crippen LogP contribution in [0.15, 0.2) is 23.1 Å². The van der Waals surface area contributed by atoms with Gasteiger partial charge in [-0.05, 0) is 24.6 Å². The maximum atomic E-state index is 13.2. The summed E-state index contributed by atoms with van der Waals surface area (Å²) in [6.07, 6.45) is -0.879. The molecule has 1 saturated heterocycles. The molecule has 0 spiro atoms. The van der Waals surface area contributed by atoms with Crippen molar-refractivity contribution in [3.8, 4) is 0 Å². The summed E-state index contributed by atoms with van der Waals surface area (Å²) < 4.78 is 41.5. The van der Waals surface area contributed by atoms with Crippen LogP contribution in [0, 0.1) is 5.82 Å². The van der Waals surface area contributed by atoms with Gasteiger partial charge in [-0.15, -0.1) is 0 Å². The summed E-state index contributed by atoms with van der Waals surface area (Å²) in [5.41, 5.74) is 0.110. The molecular formula is C12H13ClFNO5S. The molecule has 1 atom stereocenters. The molecule has 6 nitrogen and oxygen atoms in total. The zero-order valence-corrected chi connectivity index (χ0v) is 12.4. The van der Waals surface area contributed by atoms with Gasteiger partial charge in [-0.3, -0.25) is 0 Å². The molecule has 0 radical (unpaired) electrons. The van der Waals surface area contributed by atoms with Crippen LogP contribution in [-0.2, 0) is 20.4 Å². The topological polar surface area (TPSA) is 83.9 Å². The molecule has 0 bridgehead atoms. The van der Waals surface area contributed by atoms with E-state index in [1.807, 2.05) is 0 Å². The van der Waals surface area contributed by atoms with Gasteiger partial charge in [-0.1, -0.05) is 0 Å². The van der Waals surface area contributed by atoms with Gasteiger partial charge in [0.25, 0.3) is 9.05 Å². The number of carbonyl (C=O) groups is 1. The molecule has 0 aliphatic carbocycles. The van der Waals surface area contributed by atoms with Crippen molar-refractivity contribution in [3.05, 3.63) is 29.6 Å². The molecule has 9 heteroatoms. The van der Waals surface area contributed by atoms with Gasteiger partial charge in [0.15, 0.2) is 0 Å². The summed E-state index contributed by atoms with van der Waals surface area (Å²) >= 11 is 0. The highest BCUT2D eigenvalue weighted by Gasteiger charge is 2.27. The van der Waals surface area contributed by atoms with Crippen molar-refractivity contribution in [2.45, 2.75) is 24.0 Å². The van der Waals surface area contributed by atoms with E-state index in [-0.39, 0.29) is 29.7 Å². The monoisotopic (exact) mass is 337 g/mol. The Bertz CT molecular complexity index is 651. The molecule has 1 amide bonds. The summed E-state index contributed by atoms with van der Waals surface area (Å²) in [6, 6.07) is 3.12. The highest BCUT2D eigenvalue weighted by molar-refractivity contribution is 8.13. The van der Waals surface area contributed by atoms with Crippen LogP contribution in [0.4, 0.5) is 9.18 Å². The molecule has 1 heterocycles. The summed E-state index contributed by atoms with van der Waals surface area (Å²) in [5, 5.41) is 8.83. The van der Waals surface area contributed by atoms with Gasteiger partial charge in [-0.2, -0.15) is 0 Å². The van der Waals surface area contributed by atoms with E-state index >= 15 is 0 Å².